The molecule has 1 saturated heterocycles. The van der Waals surface area contributed by atoms with Crippen molar-refractivity contribution >= 4 is 10.8 Å². The summed E-state index contributed by atoms with van der Waals surface area (Å²) in [5.41, 5.74) is 4.62. The first-order valence-corrected chi connectivity index (χ1v) is 12.5. The Morgan fingerprint density at radius 2 is 2.03 bits per heavy atom. The lowest BCUT2D eigenvalue weighted by atomic mass is 9.58. The molecule has 6 atom stereocenters. The summed E-state index contributed by atoms with van der Waals surface area (Å²) in [4.78, 5) is 4.37. The smallest absolute Gasteiger partial charge is 0.0974 e. The molecule has 0 radical (unpaired) electrons. The largest absolute Gasteiger partial charge is 0.381 e. The van der Waals surface area contributed by atoms with E-state index in [0.29, 0.717) is 17.9 Å². The first-order chi connectivity index (χ1) is 15.6. The van der Waals surface area contributed by atoms with Crippen LogP contribution in [0.5, 0.6) is 0 Å². The van der Waals surface area contributed by atoms with Gasteiger partial charge < -0.3 is 9.47 Å². The molecule has 32 heavy (non-hydrogen) atoms. The standard InChI is InChI=1S/C29H33NO2/c1-27-11-9-23-16-22-5-6-24(31-2)17-28(22)12-13-29(23,32-28)26(27)8-7-25(27)20-4-3-19-10-14-30-18-21(19)15-20/h3-4,9-10,14-16,18,24-26H,5-8,11-13,17H2,1-2H3/t24-,25?,26-,27-,28-,29-/m1/s1. The summed E-state index contributed by atoms with van der Waals surface area (Å²) in [6.45, 7) is 2.55. The van der Waals surface area contributed by atoms with E-state index in [2.05, 4.69) is 48.3 Å². The van der Waals surface area contributed by atoms with Crippen molar-refractivity contribution in [3.63, 3.8) is 0 Å². The fourth-order valence-electron chi connectivity index (χ4n) is 8.43. The Balaban J connectivity index is 1.29. The monoisotopic (exact) mass is 427 g/mol. The third-order valence-corrected chi connectivity index (χ3v) is 10.0. The molecule has 5 aliphatic rings. The van der Waals surface area contributed by atoms with Crippen LogP contribution in [0.3, 0.4) is 0 Å². The van der Waals surface area contributed by atoms with Crippen molar-refractivity contribution in [3.8, 4) is 0 Å². The molecule has 3 fully saturated rings. The van der Waals surface area contributed by atoms with Gasteiger partial charge in [-0.1, -0.05) is 31.2 Å². The molecule has 1 aromatic carbocycles. The van der Waals surface area contributed by atoms with E-state index in [9.17, 15) is 0 Å². The SMILES string of the molecule is CO[C@@H]1CCC2=CC3=CC[C@]4(C)C(c5ccc6ccncc6c5)CC[C@H]4[C@@]34CC[C@]2(C1)O4. The van der Waals surface area contributed by atoms with Crippen molar-refractivity contribution in [1.82, 2.24) is 4.98 Å². The number of methoxy groups -OCH3 is 1. The van der Waals surface area contributed by atoms with Gasteiger partial charge in [0.2, 0.25) is 0 Å². The molecular weight excluding hydrogens is 394 g/mol. The molecule has 0 amide bonds. The van der Waals surface area contributed by atoms with Crippen LogP contribution >= 0.6 is 0 Å². The highest BCUT2D eigenvalue weighted by Gasteiger charge is 2.66. The fourth-order valence-corrected chi connectivity index (χ4v) is 8.43. The summed E-state index contributed by atoms with van der Waals surface area (Å²) >= 11 is 0. The molecule has 1 aromatic heterocycles. The molecule has 2 saturated carbocycles. The summed E-state index contributed by atoms with van der Waals surface area (Å²) < 4.78 is 13.1. The predicted octanol–water partition coefficient (Wildman–Crippen LogP) is 6.49. The Hall–Kier alpha value is -1.97. The lowest BCUT2D eigenvalue weighted by Gasteiger charge is -2.54. The maximum absolute atomic E-state index is 7.32. The van der Waals surface area contributed by atoms with Crippen LogP contribution < -0.4 is 0 Å². The number of aromatic nitrogens is 1. The predicted molar refractivity (Wildman–Crippen MR) is 127 cm³/mol. The average Bonchev–Trinajstić information content (AvgIpc) is 3.33. The zero-order chi connectivity index (χ0) is 21.6. The number of hydrogen-bond donors (Lipinski definition) is 0. The van der Waals surface area contributed by atoms with Crippen LogP contribution in [0.4, 0.5) is 0 Å². The summed E-state index contributed by atoms with van der Waals surface area (Å²) in [6, 6.07) is 9.17. The van der Waals surface area contributed by atoms with Crippen LogP contribution in [0.25, 0.3) is 10.8 Å². The normalized spacial score (nSPS) is 42.1. The highest BCUT2D eigenvalue weighted by Crippen LogP contribution is 2.69. The molecule has 2 aromatic rings. The Labute approximate surface area is 190 Å². The molecule has 3 heterocycles. The molecule has 2 aliphatic heterocycles. The Bertz CT molecular complexity index is 1170. The van der Waals surface area contributed by atoms with E-state index in [1.807, 2.05) is 19.5 Å². The Kier molecular flexibility index (Phi) is 3.99. The molecular formula is C29H33NO2. The molecule has 2 spiro atoms. The molecule has 3 heteroatoms. The minimum Gasteiger partial charge on any atom is -0.381 e. The third-order valence-electron chi connectivity index (χ3n) is 10.0. The zero-order valence-corrected chi connectivity index (χ0v) is 19.3. The lowest BCUT2D eigenvalue weighted by molar-refractivity contribution is -0.147. The van der Waals surface area contributed by atoms with Crippen molar-refractivity contribution in [2.75, 3.05) is 7.11 Å². The van der Waals surface area contributed by atoms with Gasteiger partial charge in [0.05, 0.1) is 17.3 Å². The number of benzene rings is 1. The molecule has 0 N–H and O–H groups in total. The minimum atomic E-state index is -0.0840. The summed E-state index contributed by atoms with van der Waals surface area (Å²) in [5, 5.41) is 2.54. The number of rotatable bonds is 2. The fraction of sp³-hybridized carbons (Fsp3) is 0.552. The van der Waals surface area contributed by atoms with Crippen LogP contribution in [0.15, 0.2) is 60.0 Å². The van der Waals surface area contributed by atoms with E-state index >= 15 is 0 Å². The van der Waals surface area contributed by atoms with Crippen LogP contribution in [-0.4, -0.2) is 29.4 Å². The quantitative estimate of drug-likeness (QED) is 0.549. The Morgan fingerprint density at radius 1 is 1.09 bits per heavy atom. The van der Waals surface area contributed by atoms with Gasteiger partial charge in [-0.25, -0.2) is 0 Å². The molecule has 3 aliphatic carbocycles. The van der Waals surface area contributed by atoms with E-state index in [1.54, 1.807) is 5.57 Å². The number of fused-ring (bicyclic) bond motifs is 2. The van der Waals surface area contributed by atoms with E-state index in [4.69, 9.17) is 9.47 Å². The van der Waals surface area contributed by atoms with E-state index in [-0.39, 0.29) is 16.6 Å². The van der Waals surface area contributed by atoms with Gasteiger partial charge in [0.1, 0.15) is 0 Å². The van der Waals surface area contributed by atoms with Gasteiger partial charge in [0, 0.05) is 31.3 Å². The maximum atomic E-state index is 7.32. The van der Waals surface area contributed by atoms with E-state index in [1.165, 1.54) is 41.2 Å². The minimum absolute atomic E-state index is 0.0682. The van der Waals surface area contributed by atoms with Crippen LogP contribution in [0.2, 0.25) is 0 Å². The number of nitrogens with zero attached hydrogens (tertiary/aromatic N) is 1. The highest BCUT2D eigenvalue weighted by atomic mass is 16.5. The summed E-state index contributed by atoms with van der Waals surface area (Å²) in [7, 11) is 1.87. The Morgan fingerprint density at radius 3 is 2.94 bits per heavy atom. The molecule has 1 unspecified atom stereocenters. The van der Waals surface area contributed by atoms with Gasteiger partial charge in [-0.3, -0.25) is 4.98 Å². The van der Waals surface area contributed by atoms with Gasteiger partial charge in [0.25, 0.3) is 0 Å². The molecule has 7 rings (SSSR count). The van der Waals surface area contributed by atoms with Crippen molar-refractivity contribution in [1.29, 1.82) is 0 Å². The third kappa shape index (κ3) is 2.42. The van der Waals surface area contributed by atoms with Crippen molar-refractivity contribution in [3.05, 3.63) is 65.5 Å². The van der Waals surface area contributed by atoms with E-state index < -0.39 is 0 Å². The van der Waals surface area contributed by atoms with Gasteiger partial charge in [-0.15, -0.1) is 0 Å². The van der Waals surface area contributed by atoms with Crippen LogP contribution in [0.1, 0.15) is 69.8 Å². The first-order valence-electron chi connectivity index (χ1n) is 12.5. The average molecular weight is 428 g/mol. The van der Waals surface area contributed by atoms with E-state index in [0.717, 1.165) is 32.1 Å². The van der Waals surface area contributed by atoms with Crippen molar-refractivity contribution in [2.45, 2.75) is 81.5 Å². The topological polar surface area (TPSA) is 31.4 Å². The van der Waals surface area contributed by atoms with Crippen LogP contribution in [-0.2, 0) is 9.47 Å². The van der Waals surface area contributed by atoms with Gasteiger partial charge in [0.15, 0.2) is 0 Å². The second kappa shape index (κ2) is 6.55. The first kappa shape index (κ1) is 19.5. The highest BCUT2D eigenvalue weighted by molar-refractivity contribution is 5.82. The summed E-state index contributed by atoms with van der Waals surface area (Å²) in [6.07, 6.45) is 18.7. The van der Waals surface area contributed by atoms with Crippen molar-refractivity contribution in [2.24, 2.45) is 11.3 Å². The second-order valence-electron chi connectivity index (χ2n) is 11.3. The maximum Gasteiger partial charge on any atom is 0.0974 e. The van der Waals surface area contributed by atoms with Crippen LogP contribution in [0, 0.1) is 11.3 Å². The number of allylic oxidation sites excluding steroid dienone is 1. The molecule has 3 nitrogen and oxygen atoms in total. The number of hydrogen-bond acceptors (Lipinski definition) is 3. The van der Waals surface area contributed by atoms with Gasteiger partial charge in [-0.05, 0) is 96.4 Å². The molecule has 2 bridgehead atoms. The number of pyridine rings is 1. The molecule has 166 valence electrons. The zero-order valence-electron chi connectivity index (χ0n) is 19.3. The lowest BCUT2D eigenvalue weighted by Crippen LogP contribution is -2.54. The summed E-state index contributed by atoms with van der Waals surface area (Å²) in [5.74, 6) is 1.16. The van der Waals surface area contributed by atoms with Crippen molar-refractivity contribution < 1.29 is 9.47 Å². The van der Waals surface area contributed by atoms with Gasteiger partial charge >= 0.3 is 0 Å². The number of ether oxygens (including phenoxy) is 2. The van der Waals surface area contributed by atoms with Gasteiger partial charge in [-0.2, -0.15) is 0 Å². The second-order valence-corrected chi connectivity index (χ2v) is 11.3.